The monoisotopic (exact) mass is 789 g/mol. The van der Waals surface area contributed by atoms with Crippen molar-refractivity contribution in [3.8, 4) is 27.7 Å². The molecule has 9 heteroatoms. The van der Waals surface area contributed by atoms with Crippen LogP contribution in [-0.4, -0.2) is 71.1 Å². The number of rotatable bonds is 16. The molecule has 4 aromatic carbocycles. The number of carbonyl (C=O) groups excluding carboxylic acids is 1. The third kappa shape index (κ3) is 9.57. The van der Waals surface area contributed by atoms with Gasteiger partial charge in [-0.15, -0.1) is 11.3 Å². The van der Waals surface area contributed by atoms with Gasteiger partial charge in [-0.3, -0.25) is 14.6 Å². The summed E-state index contributed by atoms with van der Waals surface area (Å²) in [5, 5.41) is 0.908. The number of hydrogen-bond donors (Lipinski definition) is 0. The van der Waals surface area contributed by atoms with Gasteiger partial charge in [-0.25, -0.2) is 0 Å². The number of likely N-dealkylation sites (tertiary alicyclic amines) is 2. The first-order chi connectivity index (χ1) is 27.1. The molecule has 1 radical (unpaired) electrons. The summed E-state index contributed by atoms with van der Waals surface area (Å²) in [6.45, 7) is 18.3. The number of ether oxygens (including phenoxy) is 3. The minimum absolute atomic E-state index is 0.0287. The molecule has 0 spiro atoms. The third-order valence-electron chi connectivity index (χ3n) is 10.8. The van der Waals surface area contributed by atoms with Crippen LogP contribution < -0.4 is 14.2 Å². The van der Waals surface area contributed by atoms with Crippen LogP contribution in [0.4, 0.5) is 0 Å². The Hall–Kier alpha value is -3.99. The lowest BCUT2D eigenvalue weighted by Gasteiger charge is -2.34. The van der Waals surface area contributed by atoms with E-state index in [-0.39, 0.29) is 17.3 Å². The van der Waals surface area contributed by atoms with Crippen LogP contribution in [-0.2, 0) is 17.6 Å². The molecule has 295 valence electrons. The Balaban J connectivity index is 1.31. The van der Waals surface area contributed by atoms with E-state index >= 15 is 0 Å². The lowest BCUT2D eigenvalue weighted by Crippen LogP contribution is -2.28. The van der Waals surface area contributed by atoms with Gasteiger partial charge in [0.05, 0.1) is 13.2 Å². The molecule has 56 heavy (non-hydrogen) atoms. The molecule has 1 atom stereocenters. The van der Waals surface area contributed by atoms with Crippen LogP contribution in [0.15, 0.2) is 84.9 Å². The van der Waals surface area contributed by atoms with Crippen molar-refractivity contribution in [2.75, 3.05) is 46.4 Å². The maximum atomic E-state index is 15.0. The summed E-state index contributed by atoms with van der Waals surface area (Å²) in [6.07, 6.45) is 4.77. The number of nitrogens with zero attached hydrogens (tertiary/aromatic N) is 2. The van der Waals surface area contributed by atoms with Crippen LogP contribution in [0.5, 0.6) is 17.2 Å². The molecule has 7 rings (SSSR count). The SMILES string of the molecule is COc1cc(C(=O)c2c(-c3ccc(OCCN4CCCC4)c(C(O[Si](C)C)C(C)(C)C)c3)sc3cc(OCc4ccccc4)ccc23)ccc1CN1CCCC1. The van der Waals surface area contributed by atoms with Gasteiger partial charge in [-0.2, -0.15) is 0 Å². The smallest absolute Gasteiger partial charge is 0.205 e. The number of benzene rings is 4. The highest BCUT2D eigenvalue weighted by Gasteiger charge is 2.32. The average Bonchev–Trinajstić information content (AvgIpc) is 3.98. The van der Waals surface area contributed by atoms with Crippen molar-refractivity contribution in [3.05, 3.63) is 113 Å². The van der Waals surface area contributed by atoms with Crippen molar-refractivity contribution in [1.82, 2.24) is 9.80 Å². The molecule has 3 heterocycles. The Bertz CT molecular complexity index is 2100. The lowest BCUT2D eigenvalue weighted by atomic mass is 9.83. The minimum atomic E-state index is -1.06. The van der Waals surface area contributed by atoms with Crippen LogP contribution in [0, 0.1) is 5.41 Å². The number of methoxy groups -OCH3 is 1. The third-order valence-corrected chi connectivity index (χ3v) is 12.7. The summed E-state index contributed by atoms with van der Waals surface area (Å²) in [4.78, 5) is 20.8. The highest BCUT2D eigenvalue weighted by Crippen LogP contribution is 2.46. The van der Waals surface area contributed by atoms with Gasteiger partial charge >= 0.3 is 0 Å². The van der Waals surface area contributed by atoms with E-state index in [4.69, 9.17) is 18.6 Å². The maximum Gasteiger partial charge on any atom is 0.205 e. The van der Waals surface area contributed by atoms with E-state index in [2.05, 4.69) is 86.1 Å². The summed E-state index contributed by atoms with van der Waals surface area (Å²) >= 11 is 1.63. The van der Waals surface area contributed by atoms with Crippen LogP contribution in [0.1, 0.15) is 85.2 Å². The second-order valence-corrected chi connectivity index (χ2v) is 19.6. The predicted octanol–water partition coefficient (Wildman–Crippen LogP) is 10.8. The van der Waals surface area contributed by atoms with E-state index in [0.717, 1.165) is 93.7 Å². The fourth-order valence-corrected chi connectivity index (χ4v) is 10.1. The van der Waals surface area contributed by atoms with E-state index in [0.29, 0.717) is 24.3 Å². The second kappa shape index (κ2) is 18.1. The highest BCUT2D eigenvalue weighted by molar-refractivity contribution is 7.22. The van der Waals surface area contributed by atoms with Crippen LogP contribution in [0.2, 0.25) is 13.1 Å². The van der Waals surface area contributed by atoms with Gasteiger partial charge in [0.2, 0.25) is 9.04 Å². The first-order valence-electron chi connectivity index (χ1n) is 20.2. The summed E-state index contributed by atoms with van der Waals surface area (Å²) in [7, 11) is 0.639. The van der Waals surface area contributed by atoms with Gasteiger partial charge in [-0.1, -0.05) is 63.2 Å². The van der Waals surface area contributed by atoms with Gasteiger partial charge in [0, 0.05) is 50.3 Å². The molecule has 1 aromatic heterocycles. The van der Waals surface area contributed by atoms with Crippen molar-refractivity contribution >= 4 is 36.2 Å². The Kier molecular flexibility index (Phi) is 13.0. The number of carbonyl (C=O) groups is 1. The van der Waals surface area contributed by atoms with Gasteiger partial charge in [0.15, 0.2) is 5.78 Å². The molecule has 0 amide bonds. The minimum Gasteiger partial charge on any atom is -0.496 e. The van der Waals surface area contributed by atoms with E-state index in [1.807, 2.05) is 42.5 Å². The maximum absolute atomic E-state index is 15.0. The standard InChI is InChI=1S/C47H57N2O5SSi/c1-47(2,3)46(54-56(5)6)39-28-35(18-21-40(39)52-27-26-48-22-10-11-23-48)45-43(38-20-19-37(30-42(38)55-45)53-32-33-14-8-7-9-15-33)44(50)34-16-17-36(41(29-34)51-4)31-49-24-12-13-25-49/h7-9,14-21,28-30,46H,10-13,22-27,31-32H2,1-6H3. The summed E-state index contributed by atoms with van der Waals surface area (Å²) in [5.74, 6) is 2.34. The van der Waals surface area contributed by atoms with E-state index < -0.39 is 9.04 Å². The number of fused-ring (bicyclic) bond motifs is 1. The number of ketones is 1. The van der Waals surface area contributed by atoms with Crippen LogP contribution >= 0.6 is 11.3 Å². The molecule has 0 saturated carbocycles. The van der Waals surface area contributed by atoms with Crippen molar-refractivity contribution in [1.29, 1.82) is 0 Å². The first-order valence-corrected chi connectivity index (χ1v) is 23.4. The molecular formula is C47H57N2O5SSi. The number of thiophene rings is 1. The molecule has 2 fully saturated rings. The van der Waals surface area contributed by atoms with Crippen molar-refractivity contribution < 1.29 is 23.4 Å². The van der Waals surface area contributed by atoms with Crippen LogP contribution in [0.3, 0.4) is 0 Å². The molecule has 2 saturated heterocycles. The van der Waals surface area contributed by atoms with Gasteiger partial charge < -0.3 is 18.6 Å². The normalized spacial score (nSPS) is 15.8. The zero-order valence-corrected chi connectivity index (χ0v) is 35.8. The van der Waals surface area contributed by atoms with Gasteiger partial charge in [-0.05, 0) is 124 Å². The quantitative estimate of drug-likeness (QED) is 0.0729. The van der Waals surface area contributed by atoms with Gasteiger partial charge in [0.1, 0.15) is 30.5 Å². The topological polar surface area (TPSA) is 60.5 Å². The largest absolute Gasteiger partial charge is 0.496 e. The Labute approximate surface area is 339 Å². The van der Waals surface area contributed by atoms with Crippen LogP contribution in [0.25, 0.3) is 20.5 Å². The lowest BCUT2D eigenvalue weighted by molar-refractivity contribution is 0.0828. The molecule has 0 N–H and O–H groups in total. The molecule has 2 aliphatic heterocycles. The summed E-state index contributed by atoms with van der Waals surface area (Å²) in [5.41, 5.74) is 5.31. The molecular weight excluding hydrogens is 733 g/mol. The average molecular weight is 790 g/mol. The zero-order valence-electron chi connectivity index (χ0n) is 34.0. The van der Waals surface area contributed by atoms with Crippen molar-refractivity contribution in [2.24, 2.45) is 5.41 Å². The van der Waals surface area contributed by atoms with Gasteiger partial charge in [0.25, 0.3) is 0 Å². The molecule has 0 aliphatic carbocycles. The van der Waals surface area contributed by atoms with E-state index in [1.165, 1.54) is 25.7 Å². The van der Waals surface area contributed by atoms with Crippen molar-refractivity contribution in [2.45, 2.75) is 78.8 Å². The summed E-state index contributed by atoms with van der Waals surface area (Å²) < 4.78 is 26.6. The summed E-state index contributed by atoms with van der Waals surface area (Å²) in [6, 6.07) is 28.7. The molecule has 5 aromatic rings. The second-order valence-electron chi connectivity index (χ2n) is 16.5. The Morgan fingerprint density at radius 2 is 1.55 bits per heavy atom. The molecule has 1 unspecified atom stereocenters. The number of hydrogen-bond acceptors (Lipinski definition) is 8. The molecule has 2 aliphatic rings. The highest BCUT2D eigenvalue weighted by atomic mass is 32.1. The Morgan fingerprint density at radius 3 is 2.25 bits per heavy atom. The van der Waals surface area contributed by atoms with Crippen molar-refractivity contribution in [3.63, 3.8) is 0 Å². The van der Waals surface area contributed by atoms with E-state index in [9.17, 15) is 4.79 Å². The zero-order chi connectivity index (χ0) is 39.2. The van der Waals surface area contributed by atoms with E-state index in [1.54, 1.807) is 18.4 Å². The fraction of sp³-hybridized carbons (Fsp3) is 0.426. The first kappa shape index (κ1) is 40.2. The molecule has 7 nitrogen and oxygen atoms in total. The fourth-order valence-electron chi connectivity index (χ4n) is 7.94. The predicted molar refractivity (Wildman–Crippen MR) is 231 cm³/mol. The Morgan fingerprint density at radius 1 is 0.821 bits per heavy atom. The molecule has 0 bridgehead atoms.